The number of nitrogens with zero attached hydrogens (tertiary/aromatic N) is 2. The topological polar surface area (TPSA) is 23.6 Å². The van der Waals surface area contributed by atoms with Crippen LogP contribution in [0.2, 0.25) is 0 Å². The summed E-state index contributed by atoms with van der Waals surface area (Å²) in [4.78, 5) is 16.4. The Labute approximate surface area is 176 Å². The smallest absolute Gasteiger partial charge is 0.378 e. The number of carbonyl (C=O) groups is 1. The zero-order valence-corrected chi connectivity index (χ0v) is 17.3. The van der Waals surface area contributed by atoms with Crippen LogP contribution in [0.15, 0.2) is 30.4 Å². The van der Waals surface area contributed by atoms with E-state index in [0.29, 0.717) is 5.56 Å². The van der Waals surface area contributed by atoms with Crippen LogP contribution < -0.4 is 9.80 Å². The molecule has 10 radical (unpaired) electrons. The van der Waals surface area contributed by atoms with Gasteiger partial charge in [0, 0.05) is 51.0 Å². The Morgan fingerprint density at radius 1 is 0.815 bits per heavy atom. The molecular weight excluding hydrogens is 376 g/mol. The van der Waals surface area contributed by atoms with Crippen LogP contribution in [-0.2, 0) is 17.1 Å². The molecule has 2 fully saturated rings. The number of ketones is 1. The average Bonchev–Trinajstić information content (AvgIpc) is 3.35. The summed E-state index contributed by atoms with van der Waals surface area (Å²) in [5.41, 5.74) is 2.72. The van der Waals surface area contributed by atoms with Gasteiger partial charge in [0.25, 0.3) is 0 Å². The van der Waals surface area contributed by atoms with Gasteiger partial charge < -0.3 is 9.80 Å². The summed E-state index contributed by atoms with van der Waals surface area (Å²) in [7, 11) is 7.88. The van der Waals surface area contributed by atoms with E-state index in [2.05, 4.69) is 0 Å². The number of carbonyl (C=O) groups excluding carboxylic acids is 1. The van der Waals surface area contributed by atoms with Crippen molar-refractivity contribution in [3.63, 3.8) is 0 Å². The van der Waals surface area contributed by atoms with Gasteiger partial charge in [0.05, 0.1) is 0 Å². The first-order chi connectivity index (χ1) is 12.5. The summed E-state index contributed by atoms with van der Waals surface area (Å²) in [6, 6.07) is 5.89. The van der Waals surface area contributed by atoms with E-state index >= 15 is 0 Å². The van der Waals surface area contributed by atoms with Gasteiger partial charge in [-0.1, -0.05) is 6.08 Å². The molecule has 3 rings (SSSR count). The van der Waals surface area contributed by atoms with Crippen LogP contribution in [0.5, 0.6) is 0 Å². The van der Waals surface area contributed by atoms with E-state index in [0.717, 1.165) is 17.3 Å². The molecule has 0 N–H and O–H groups in total. The van der Waals surface area contributed by atoms with Crippen LogP contribution in [0.4, 0.5) is 11.4 Å². The van der Waals surface area contributed by atoms with Crippen molar-refractivity contribution in [2.45, 2.75) is 0 Å². The summed E-state index contributed by atoms with van der Waals surface area (Å²) in [6.07, 6.45) is 21.4. The molecule has 0 spiro atoms. The summed E-state index contributed by atoms with van der Waals surface area (Å²) < 4.78 is 0. The van der Waals surface area contributed by atoms with E-state index in [1.54, 1.807) is 6.08 Å². The van der Waals surface area contributed by atoms with E-state index in [1.807, 2.05) is 120 Å². The summed E-state index contributed by atoms with van der Waals surface area (Å²) >= 11 is 0. The molecule has 0 saturated heterocycles. The van der Waals surface area contributed by atoms with Crippen molar-refractivity contribution >= 4 is 17.2 Å². The van der Waals surface area contributed by atoms with Gasteiger partial charge in [-0.3, -0.25) is 4.79 Å². The molecule has 0 aliphatic heterocycles. The van der Waals surface area contributed by atoms with Crippen molar-refractivity contribution in [1.82, 2.24) is 0 Å². The third kappa shape index (κ3) is 7.71. The van der Waals surface area contributed by atoms with Gasteiger partial charge in [-0.2, -0.15) is 0 Å². The number of hydrogen-bond donors (Lipinski definition) is 0. The van der Waals surface area contributed by atoms with E-state index in [4.69, 9.17) is 0 Å². The number of hydrogen-bond acceptors (Lipinski definition) is 3. The van der Waals surface area contributed by atoms with Gasteiger partial charge in [0.1, 0.15) is 0 Å². The van der Waals surface area contributed by atoms with Gasteiger partial charge in [0.2, 0.25) is 0 Å². The minimum atomic E-state index is 0. The van der Waals surface area contributed by atoms with Crippen LogP contribution in [-0.4, -0.2) is 34.0 Å². The first-order valence-corrected chi connectivity index (χ1v) is 8.58. The van der Waals surface area contributed by atoms with E-state index in [1.165, 1.54) is 0 Å². The molecule has 1 aromatic rings. The second kappa shape index (κ2) is 12.3. The van der Waals surface area contributed by atoms with Crippen molar-refractivity contribution in [3.05, 3.63) is 99.6 Å². The average molecular weight is 402 g/mol. The van der Waals surface area contributed by atoms with Crippen LogP contribution >= 0.6 is 0 Å². The van der Waals surface area contributed by atoms with Gasteiger partial charge in [-0.05, 0) is 82.1 Å². The fourth-order valence-electron chi connectivity index (χ4n) is 2.46. The molecule has 0 atom stereocenters. The molecule has 0 unspecified atom stereocenters. The van der Waals surface area contributed by atoms with Crippen molar-refractivity contribution in [1.29, 1.82) is 0 Å². The van der Waals surface area contributed by atoms with Gasteiger partial charge >= 0.3 is 17.1 Å². The normalized spacial score (nSPS) is 16.6. The van der Waals surface area contributed by atoms with Crippen LogP contribution in [0, 0.1) is 63.7 Å². The maximum absolute atomic E-state index is 12.4. The molecule has 0 bridgehead atoms. The maximum atomic E-state index is 12.4. The second-order valence-corrected chi connectivity index (χ2v) is 6.37. The minimum absolute atomic E-state index is 0. The molecule has 2 aliphatic rings. The largest absolute Gasteiger partial charge is 2.00 e. The van der Waals surface area contributed by atoms with Crippen molar-refractivity contribution < 1.29 is 21.9 Å². The maximum Gasteiger partial charge on any atom is 2.00 e. The van der Waals surface area contributed by atoms with E-state index in [-0.39, 0.29) is 22.9 Å². The number of anilines is 2. The fourth-order valence-corrected chi connectivity index (χ4v) is 2.46. The quantitative estimate of drug-likeness (QED) is 0.423. The Morgan fingerprint density at radius 2 is 1.37 bits per heavy atom. The molecule has 1 aromatic carbocycles. The molecule has 4 heteroatoms. The third-order valence-electron chi connectivity index (χ3n) is 3.92. The van der Waals surface area contributed by atoms with E-state index in [9.17, 15) is 4.79 Å². The molecule has 2 saturated carbocycles. The Balaban J connectivity index is 0.000000526. The molecule has 0 amide bonds. The molecule has 27 heavy (non-hydrogen) atoms. The predicted octanol–water partition coefficient (Wildman–Crippen LogP) is 3.98. The van der Waals surface area contributed by atoms with Gasteiger partial charge in [-0.25, -0.2) is 0 Å². The number of benzene rings is 1. The second-order valence-electron chi connectivity index (χ2n) is 6.37. The summed E-state index contributed by atoms with van der Waals surface area (Å²) in [5.74, 6) is 1.06. The Morgan fingerprint density at radius 3 is 1.85 bits per heavy atom. The zero-order chi connectivity index (χ0) is 18.9. The third-order valence-corrected chi connectivity index (χ3v) is 3.92. The molecule has 3 nitrogen and oxygen atoms in total. The number of allylic oxidation sites excluding steroid dienone is 2. The molecule has 0 heterocycles. The van der Waals surface area contributed by atoms with Crippen LogP contribution in [0.3, 0.4) is 0 Å². The SMILES string of the molecule is CN(C)c1ccc(C(=O)/C=C/[C]2[CH][CH][CH][CH]2)c(N(C)C)c1.[CH]1[CH][CH][CH][CH]1.[Fe+2]. The van der Waals surface area contributed by atoms with Crippen LogP contribution in [0.25, 0.3) is 0 Å². The van der Waals surface area contributed by atoms with Gasteiger partial charge in [-0.15, -0.1) is 0 Å². The number of rotatable bonds is 5. The first kappa shape index (κ1) is 23.8. The Kier molecular flexibility index (Phi) is 10.8. The Bertz CT molecular complexity index is 593. The fraction of sp³-hybridized carbons (Fsp3) is 0.174. The first-order valence-electron chi connectivity index (χ1n) is 8.58. The standard InChI is InChI=1S/C18H21N2O.C5H5.Fe/c1-19(2)15-10-11-16(17(13-15)20(3)4)18(21)12-9-14-7-5-6-8-14;1-2-4-5-3-1;/h5-13H,1-4H3;1-5H;/q;;+2/b12-9+;;. The predicted molar refractivity (Wildman–Crippen MR) is 111 cm³/mol. The van der Waals surface area contributed by atoms with Crippen molar-refractivity contribution in [2.24, 2.45) is 0 Å². The van der Waals surface area contributed by atoms with E-state index < -0.39 is 0 Å². The monoisotopic (exact) mass is 402 g/mol. The Hall–Kier alpha value is -1.25. The minimum Gasteiger partial charge on any atom is -0.378 e. The molecule has 140 valence electrons. The zero-order valence-electron chi connectivity index (χ0n) is 16.2. The molecular formula is C23H26FeN2O+2. The molecule has 2 aliphatic carbocycles. The van der Waals surface area contributed by atoms with Crippen molar-refractivity contribution in [2.75, 3.05) is 38.0 Å². The molecule has 0 aromatic heterocycles. The summed E-state index contributed by atoms with van der Waals surface area (Å²) in [5, 5.41) is 0. The van der Waals surface area contributed by atoms with Crippen LogP contribution in [0.1, 0.15) is 10.4 Å². The van der Waals surface area contributed by atoms with Gasteiger partial charge in [0.15, 0.2) is 5.78 Å². The summed E-state index contributed by atoms with van der Waals surface area (Å²) in [6.45, 7) is 0. The van der Waals surface area contributed by atoms with Crippen molar-refractivity contribution in [3.8, 4) is 0 Å².